The molecule has 0 fully saturated rings. The first-order valence-electron chi connectivity index (χ1n) is 6.33. The van der Waals surface area contributed by atoms with Gasteiger partial charge in [0.25, 0.3) is 0 Å². The van der Waals surface area contributed by atoms with Gasteiger partial charge in [-0.05, 0) is 24.8 Å². The molecule has 0 saturated heterocycles. The number of aromatic nitrogens is 2. The number of nitrogens with zero attached hydrogens (tertiary/aromatic N) is 2. The normalized spacial score (nSPS) is 13.4. The molecule has 3 heteroatoms. The third-order valence-corrected chi connectivity index (χ3v) is 3.01. The zero-order valence-electron chi connectivity index (χ0n) is 11.0. The smallest absolute Gasteiger partial charge is 0.0625 e. The number of rotatable bonds is 6. The van der Waals surface area contributed by atoms with Gasteiger partial charge in [-0.25, -0.2) is 0 Å². The zero-order chi connectivity index (χ0) is 12.1. The maximum Gasteiger partial charge on any atom is 0.0625 e. The third-order valence-electron chi connectivity index (χ3n) is 3.01. The molecule has 0 amide bonds. The van der Waals surface area contributed by atoms with Crippen molar-refractivity contribution in [2.45, 2.75) is 52.5 Å². The molecule has 16 heavy (non-hydrogen) atoms. The Labute approximate surface area is 99.0 Å². The average Bonchev–Trinajstić information content (AvgIpc) is 2.59. The van der Waals surface area contributed by atoms with E-state index in [0.717, 1.165) is 24.5 Å². The van der Waals surface area contributed by atoms with Gasteiger partial charge in [0.2, 0.25) is 0 Å². The first kappa shape index (κ1) is 13.2. The fourth-order valence-electron chi connectivity index (χ4n) is 1.96. The first-order valence-corrected chi connectivity index (χ1v) is 6.33. The Morgan fingerprint density at radius 2 is 2.06 bits per heavy atom. The van der Waals surface area contributed by atoms with Crippen LogP contribution in [-0.4, -0.2) is 9.78 Å². The second-order valence-electron chi connectivity index (χ2n) is 4.97. The number of hydrogen-bond donors (Lipinski definition) is 1. The van der Waals surface area contributed by atoms with Crippen molar-refractivity contribution in [3.05, 3.63) is 17.5 Å². The molecule has 1 unspecified atom stereocenters. The minimum atomic E-state index is 0.136. The van der Waals surface area contributed by atoms with Crippen molar-refractivity contribution in [1.29, 1.82) is 0 Å². The van der Waals surface area contributed by atoms with Crippen LogP contribution >= 0.6 is 0 Å². The van der Waals surface area contributed by atoms with Crippen LogP contribution in [0.1, 0.15) is 57.5 Å². The van der Waals surface area contributed by atoms with E-state index in [1.165, 1.54) is 18.5 Å². The predicted molar refractivity (Wildman–Crippen MR) is 68.2 cm³/mol. The molecular weight excluding hydrogens is 198 g/mol. The lowest BCUT2D eigenvalue weighted by Gasteiger charge is -2.12. The lowest BCUT2D eigenvalue weighted by molar-refractivity contribution is 0.490. The van der Waals surface area contributed by atoms with Gasteiger partial charge in [-0.2, -0.15) is 5.10 Å². The molecule has 0 radical (unpaired) electrons. The summed E-state index contributed by atoms with van der Waals surface area (Å²) in [4.78, 5) is 0. The van der Waals surface area contributed by atoms with E-state index in [4.69, 9.17) is 5.73 Å². The van der Waals surface area contributed by atoms with Crippen molar-refractivity contribution < 1.29 is 0 Å². The molecule has 0 aliphatic rings. The van der Waals surface area contributed by atoms with Crippen molar-refractivity contribution in [3.8, 4) is 0 Å². The van der Waals surface area contributed by atoms with Crippen LogP contribution in [0.2, 0.25) is 0 Å². The molecule has 0 aromatic carbocycles. The molecule has 1 atom stereocenters. The first-order chi connectivity index (χ1) is 7.54. The maximum atomic E-state index is 6.19. The Bertz CT molecular complexity index is 315. The third kappa shape index (κ3) is 3.63. The molecule has 3 nitrogen and oxygen atoms in total. The quantitative estimate of drug-likeness (QED) is 0.806. The van der Waals surface area contributed by atoms with Gasteiger partial charge in [0.1, 0.15) is 0 Å². The largest absolute Gasteiger partial charge is 0.323 e. The van der Waals surface area contributed by atoms with Gasteiger partial charge >= 0.3 is 0 Å². The van der Waals surface area contributed by atoms with E-state index < -0.39 is 0 Å². The minimum absolute atomic E-state index is 0.136. The SMILES string of the molecule is CCc1cc(C(N)CCCC(C)C)n(C)n1. The van der Waals surface area contributed by atoms with E-state index in [9.17, 15) is 0 Å². The summed E-state index contributed by atoms with van der Waals surface area (Å²) in [6, 6.07) is 2.27. The van der Waals surface area contributed by atoms with Gasteiger partial charge in [-0.1, -0.05) is 33.6 Å². The van der Waals surface area contributed by atoms with E-state index in [-0.39, 0.29) is 6.04 Å². The van der Waals surface area contributed by atoms with Crippen molar-refractivity contribution in [3.63, 3.8) is 0 Å². The monoisotopic (exact) mass is 223 g/mol. The molecule has 0 aliphatic heterocycles. The molecule has 0 saturated carbocycles. The molecule has 0 bridgehead atoms. The topological polar surface area (TPSA) is 43.8 Å². The highest BCUT2D eigenvalue weighted by Gasteiger charge is 2.12. The summed E-state index contributed by atoms with van der Waals surface area (Å²) in [5, 5.41) is 4.43. The summed E-state index contributed by atoms with van der Waals surface area (Å²) in [5.74, 6) is 0.768. The van der Waals surface area contributed by atoms with E-state index >= 15 is 0 Å². The van der Waals surface area contributed by atoms with E-state index in [1.54, 1.807) is 0 Å². The van der Waals surface area contributed by atoms with Crippen molar-refractivity contribution in [1.82, 2.24) is 9.78 Å². The van der Waals surface area contributed by atoms with Crippen molar-refractivity contribution in [2.24, 2.45) is 18.7 Å². The fraction of sp³-hybridized carbons (Fsp3) is 0.769. The lowest BCUT2D eigenvalue weighted by Crippen LogP contribution is -2.14. The van der Waals surface area contributed by atoms with Crippen LogP contribution in [0.3, 0.4) is 0 Å². The van der Waals surface area contributed by atoms with Crippen LogP contribution in [0.15, 0.2) is 6.07 Å². The average molecular weight is 223 g/mol. The Kier molecular flexibility index (Phi) is 5.00. The van der Waals surface area contributed by atoms with E-state index in [1.807, 2.05) is 11.7 Å². The number of nitrogens with two attached hydrogens (primary N) is 1. The predicted octanol–water partition coefficient (Wildman–Crippen LogP) is 2.81. The van der Waals surface area contributed by atoms with Crippen LogP contribution < -0.4 is 5.73 Å². The van der Waals surface area contributed by atoms with Crippen LogP contribution in [-0.2, 0) is 13.5 Å². The minimum Gasteiger partial charge on any atom is -0.323 e. The molecule has 0 spiro atoms. The summed E-state index contributed by atoms with van der Waals surface area (Å²) >= 11 is 0. The van der Waals surface area contributed by atoms with Crippen LogP contribution in [0, 0.1) is 5.92 Å². The van der Waals surface area contributed by atoms with E-state index in [2.05, 4.69) is 31.9 Å². The maximum absolute atomic E-state index is 6.19. The molecule has 1 aromatic heterocycles. The van der Waals surface area contributed by atoms with Crippen molar-refractivity contribution in [2.75, 3.05) is 0 Å². The number of hydrogen-bond acceptors (Lipinski definition) is 2. The van der Waals surface area contributed by atoms with Gasteiger partial charge in [0, 0.05) is 13.1 Å². The number of aryl methyl sites for hydroxylation is 2. The lowest BCUT2D eigenvalue weighted by atomic mass is 10.0. The highest BCUT2D eigenvalue weighted by atomic mass is 15.3. The standard InChI is InChI=1S/C13H25N3/c1-5-11-9-13(16(4)15-11)12(14)8-6-7-10(2)3/h9-10,12H,5-8,14H2,1-4H3. The van der Waals surface area contributed by atoms with Crippen LogP contribution in [0.25, 0.3) is 0 Å². The highest BCUT2D eigenvalue weighted by molar-refractivity contribution is 5.13. The van der Waals surface area contributed by atoms with Crippen molar-refractivity contribution >= 4 is 0 Å². The second-order valence-corrected chi connectivity index (χ2v) is 4.97. The summed E-state index contributed by atoms with van der Waals surface area (Å²) in [5.41, 5.74) is 8.49. The van der Waals surface area contributed by atoms with Gasteiger partial charge in [-0.3, -0.25) is 4.68 Å². The van der Waals surface area contributed by atoms with Crippen LogP contribution in [0.5, 0.6) is 0 Å². The molecule has 1 rings (SSSR count). The molecule has 92 valence electrons. The highest BCUT2D eigenvalue weighted by Crippen LogP contribution is 2.19. The molecule has 1 heterocycles. The van der Waals surface area contributed by atoms with Gasteiger partial charge < -0.3 is 5.73 Å². The fourth-order valence-corrected chi connectivity index (χ4v) is 1.96. The van der Waals surface area contributed by atoms with Gasteiger partial charge in [-0.15, -0.1) is 0 Å². The molecule has 1 aromatic rings. The molecular formula is C13H25N3. The van der Waals surface area contributed by atoms with E-state index in [0.29, 0.717) is 0 Å². The Morgan fingerprint density at radius 3 is 2.56 bits per heavy atom. The molecule has 0 aliphatic carbocycles. The Balaban J connectivity index is 2.51. The van der Waals surface area contributed by atoms with Gasteiger partial charge in [0.15, 0.2) is 0 Å². The summed E-state index contributed by atoms with van der Waals surface area (Å²) < 4.78 is 1.93. The van der Waals surface area contributed by atoms with Crippen LogP contribution in [0.4, 0.5) is 0 Å². The van der Waals surface area contributed by atoms with Gasteiger partial charge in [0.05, 0.1) is 11.4 Å². The Hall–Kier alpha value is -0.830. The summed E-state index contributed by atoms with van der Waals surface area (Å²) in [7, 11) is 1.98. The second kappa shape index (κ2) is 6.04. The summed E-state index contributed by atoms with van der Waals surface area (Å²) in [6.45, 7) is 6.63. The molecule has 2 N–H and O–H groups in total. The summed E-state index contributed by atoms with van der Waals surface area (Å²) in [6.07, 6.45) is 4.49. The Morgan fingerprint density at radius 1 is 1.38 bits per heavy atom. The zero-order valence-corrected chi connectivity index (χ0v) is 11.0.